The lowest BCUT2D eigenvalue weighted by atomic mass is 9.97. The summed E-state index contributed by atoms with van der Waals surface area (Å²) in [4.78, 5) is 4.79. The Labute approximate surface area is 215 Å². The molecule has 0 bridgehead atoms. The summed E-state index contributed by atoms with van der Waals surface area (Å²) >= 11 is 0. The standard InChI is InChI=1S/C30H39N3O3/c1-22-24(11-8-12-27(22)23-9-6-5-7-10-23)21-36-26-18-29(34-3)28(30(19-26)35-4)17-25(31)20-33-15-13-32(2)14-16-33/h5-12,18-19,25H,13-17,20-21,31H2,1-4H3. The average Bonchev–Trinajstić information content (AvgIpc) is 2.90. The van der Waals surface area contributed by atoms with Gasteiger partial charge in [0, 0.05) is 56.5 Å². The van der Waals surface area contributed by atoms with Crippen molar-refractivity contribution < 1.29 is 14.2 Å². The van der Waals surface area contributed by atoms with Gasteiger partial charge >= 0.3 is 0 Å². The van der Waals surface area contributed by atoms with Crippen LogP contribution in [0, 0.1) is 6.92 Å². The SMILES string of the molecule is COc1cc(OCc2cccc(-c3ccccc3)c2C)cc(OC)c1CC(N)CN1CCN(C)CC1. The molecule has 1 fully saturated rings. The number of nitrogens with two attached hydrogens (primary N) is 1. The molecule has 192 valence electrons. The molecule has 6 nitrogen and oxygen atoms in total. The number of ether oxygens (including phenoxy) is 3. The van der Waals surface area contributed by atoms with Gasteiger partial charge in [-0.2, -0.15) is 0 Å². The molecule has 1 atom stereocenters. The van der Waals surface area contributed by atoms with Crippen LogP contribution >= 0.6 is 0 Å². The van der Waals surface area contributed by atoms with Crippen LogP contribution in [0.4, 0.5) is 0 Å². The minimum Gasteiger partial charge on any atom is -0.496 e. The third-order valence-corrected chi connectivity index (χ3v) is 7.06. The Morgan fingerprint density at radius 2 is 1.56 bits per heavy atom. The van der Waals surface area contributed by atoms with Crippen molar-refractivity contribution in [3.05, 3.63) is 77.4 Å². The largest absolute Gasteiger partial charge is 0.496 e. The Morgan fingerprint density at radius 1 is 0.889 bits per heavy atom. The van der Waals surface area contributed by atoms with Gasteiger partial charge < -0.3 is 24.8 Å². The first kappa shape index (κ1) is 26.0. The first-order chi connectivity index (χ1) is 17.5. The van der Waals surface area contributed by atoms with E-state index in [1.54, 1.807) is 14.2 Å². The van der Waals surface area contributed by atoms with Crippen LogP contribution in [-0.2, 0) is 13.0 Å². The van der Waals surface area contributed by atoms with Crippen LogP contribution in [0.15, 0.2) is 60.7 Å². The number of nitrogens with zero attached hydrogens (tertiary/aromatic N) is 2. The van der Waals surface area contributed by atoms with Crippen molar-refractivity contribution in [2.24, 2.45) is 5.73 Å². The fourth-order valence-corrected chi connectivity index (χ4v) is 4.86. The highest BCUT2D eigenvalue weighted by Crippen LogP contribution is 2.36. The normalized spacial score (nSPS) is 15.5. The predicted octanol–water partition coefficient (Wildman–Crippen LogP) is 4.38. The molecule has 3 aromatic rings. The molecule has 6 heteroatoms. The van der Waals surface area contributed by atoms with Gasteiger partial charge in [-0.15, -0.1) is 0 Å². The summed E-state index contributed by atoms with van der Waals surface area (Å²) in [5, 5.41) is 0. The van der Waals surface area contributed by atoms with E-state index < -0.39 is 0 Å². The first-order valence-electron chi connectivity index (χ1n) is 12.7. The number of hydrogen-bond acceptors (Lipinski definition) is 6. The second-order valence-electron chi connectivity index (χ2n) is 9.62. The number of piperazine rings is 1. The van der Waals surface area contributed by atoms with E-state index in [-0.39, 0.29) is 6.04 Å². The number of hydrogen-bond donors (Lipinski definition) is 1. The van der Waals surface area contributed by atoms with Crippen molar-refractivity contribution in [3.63, 3.8) is 0 Å². The van der Waals surface area contributed by atoms with Gasteiger partial charge in [0.1, 0.15) is 23.9 Å². The lowest BCUT2D eigenvalue weighted by Gasteiger charge is -2.34. The van der Waals surface area contributed by atoms with E-state index in [1.165, 1.54) is 16.7 Å². The zero-order valence-corrected chi connectivity index (χ0v) is 22.0. The minimum absolute atomic E-state index is 0.00801. The Kier molecular flexibility index (Phi) is 8.86. The molecule has 1 saturated heterocycles. The molecule has 0 aliphatic carbocycles. The smallest absolute Gasteiger partial charge is 0.129 e. The lowest BCUT2D eigenvalue weighted by molar-refractivity contribution is 0.147. The zero-order valence-electron chi connectivity index (χ0n) is 22.0. The van der Waals surface area contributed by atoms with Crippen molar-refractivity contribution in [2.45, 2.75) is 26.0 Å². The Balaban J connectivity index is 1.46. The maximum atomic E-state index is 6.57. The summed E-state index contributed by atoms with van der Waals surface area (Å²) < 4.78 is 17.7. The van der Waals surface area contributed by atoms with Gasteiger partial charge in [-0.3, -0.25) is 4.90 Å². The molecular formula is C30H39N3O3. The van der Waals surface area contributed by atoms with Gasteiger partial charge in [-0.25, -0.2) is 0 Å². The van der Waals surface area contributed by atoms with Crippen molar-refractivity contribution >= 4 is 0 Å². The molecule has 36 heavy (non-hydrogen) atoms. The van der Waals surface area contributed by atoms with Gasteiger partial charge in [0.2, 0.25) is 0 Å². The van der Waals surface area contributed by atoms with E-state index in [4.69, 9.17) is 19.9 Å². The number of benzene rings is 3. The molecule has 3 aromatic carbocycles. The second-order valence-corrected chi connectivity index (χ2v) is 9.62. The van der Waals surface area contributed by atoms with Gasteiger partial charge in [0.25, 0.3) is 0 Å². The third-order valence-electron chi connectivity index (χ3n) is 7.06. The molecule has 0 aromatic heterocycles. The topological polar surface area (TPSA) is 60.2 Å². The Morgan fingerprint density at radius 3 is 2.19 bits per heavy atom. The highest BCUT2D eigenvalue weighted by molar-refractivity contribution is 5.68. The minimum atomic E-state index is -0.00801. The molecule has 1 unspecified atom stereocenters. The highest BCUT2D eigenvalue weighted by Gasteiger charge is 2.20. The van der Waals surface area contributed by atoms with Crippen LogP contribution in [0.25, 0.3) is 11.1 Å². The van der Waals surface area contributed by atoms with Crippen LogP contribution in [0.1, 0.15) is 16.7 Å². The Bertz CT molecular complexity index is 1100. The van der Waals surface area contributed by atoms with Crippen LogP contribution in [0.5, 0.6) is 17.2 Å². The summed E-state index contributed by atoms with van der Waals surface area (Å²) in [6, 6.07) is 20.7. The maximum Gasteiger partial charge on any atom is 0.129 e. The van der Waals surface area contributed by atoms with Crippen LogP contribution in [0.2, 0.25) is 0 Å². The molecule has 0 amide bonds. The van der Waals surface area contributed by atoms with E-state index in [2.05, 4.69) is 66.2 Å². The fraction of sp³-hybridized carbons (Fsp3) is 0.400. The summed E-state index contributed by atoms with van der Waals surface area (Å²) in [6.07, 6.45) is 0.678. The summed E-state index contributed by atoms with van der Waals surface area (Å²) in [5.74, 6) is 2.20. The average molecular weight is 490 g/mol. The monoisotopic (exact) mass is 489 g/mol. The molecular weight excluding hydrogens is 450 g/mol. The molecule has 4 rings (SSSR count). The second kappa shape index (κ2) is 12.3. The number of methoxy groups -OCH3 is 2. The summed E-state index contributed by atoms with van der Waals surface area (Å²) in [6.45, 7) is 7.73. The van der Waals surface area contributed by atoms with Gasteiger partial charge in [-0.1, -0.05) is 48.5 Å². The zero-order chi connectivity index (χ0) is 25.5. The molecule has 1 aliphatic heterocycles. The fourth-order valence-electron chi connectivity index (χ4n) is 4.86. The molecule has 0 saturated carbocycles. The van der Waals surface area contributed by atoms with Crippen LogP contribution < -0.4 is 19.9 Å². The molecule has 0 radical (unpaired) electrons. The Hall–Kier alpha value is -3.06. The van der Waals surface area contributed by atoms with E-state index in [0.717, 1.165) is 55.3 Å². The first-order valence-corrected chi connectivity index (χ1v) is 12.7. The van der Waals surface area contributed by atoms with E-state index in [9.17, 15) is 0 Å². The van der Waals surface area contributed by atoms with Crippen LogP contribution in [0.3, 0.4) is 0 Å². The van der Waals surface area contributed by atoms with Crippen molar-refractivity contribution in [2.75, 3.05) is 54.0 Å². The summed E-state index contributed by atoms with van der Waals surface area (Å²) in [7, 11) is 5.53. The van der Waals surface area contributed by atoms with E-state index in [0.29, 0.717) is 18.8 Å². The number of likely N-dealkylation sites (N-methyl/N-ethyl adjacent to an activating group) is 1. The lowest BCUT2D eigenvalue weighted by Crippen LogP contribution is -2.49. The molecule has 1 heterocycles. The number of rotatable bonds is 10. The highest BCUT2D eigenvalue weighted by atomic mass is 16.5. The van der Waals surface area contributed by atoms with Crippen LogP contribution in [-0.4, -0.2) is 69.8 Å². The molecule has 2 N–H and O–H groups in total. The predicted molar refractivity (Wildman–Crippen MR) is 146 cm³/mol. The van der Waals surface area contributed by atoms with E-state index >= 15 is 0 Å². The quantitative estimate of drug-likeness (QED) is 0.456. The third kappa shape index (κ3) is 6.38. The molecule has 0 spiro atoms. The van der Waals surface area contributed by atoms with Crippen molar-refractivity contribution in [1.82, 2.24) is 9.80 Å². The van der Waals surface area contributed by atoms with Crippen molar-refractivity contribution in [1.29, 1.82) is 0 Å². The van der Waals surface area contributed by atoms with E-state index in [1.807, 2.05) is 18.2 Å². The maximum absolute atomic E-state index is 6.57. The van der Waals surface area contributed by atoms with Crippen molar-refractivity contribution in [3.8, 4) is 28.4 Å². The molecule has 1 aliphatic rings. The van der Waals surface area contributed by atoms with Gasteiger partial charge in [0.05, 0.1) is 14.2 Å². The van der Waals surface area contributed by atoms with Gasteiger partial charge in [0.15, 0.2) is 0 Å². The van der Waals surface area contributed by atoms with Gasteiger partial charge in [-0.05, 0) is 42.6 Å². The summed E-state index contributed by atoms with van der Waals surface area (Å²) in [5.41, 5.74) is 12.3.